The van der Waals surface area contributed by atoms with Crippen LogP contribution in [-0.4, -0.2) is 114 Å². The first kappa shape index (κ1) is 34.2. The van der Waals surface area contributed by atoms with Gasteiger partial charge in [0.25, 0.3) is 15.9 Å². The van der Waals surface area contributed by atoms with E-state index < -0.39 is 27.5 Å². The molecule has 6 rings (SSSR count). The van der Waals surface area contributed by atoms with Crippen LogP contribution in [0.15, 0.2) is 65.6 Å². The van der Waals surface area contributed by atoms with Gasteiger partial charge < -0.3 is 19.3 Å². The van der Waals surface area contributed by atoms with Crippen molar-refractivity contribution < 1.29 is 27.5 Å². The van der Waals surface area contributed by atoms with E-state index in [1.807, 2.05) is 23.1 Å². The zero-order valence-electron chi connectivity index (χ0n) is 28.0. The first-order valence-electron chi connectivity index (χ1n) is 16.0. The van der Waals surface area contributed by atoms with Crippen molar-refractivity contribution in [3.63, 3.8) is 0 Å². The second kappa shape index (κ2) is 13.3. The summed E-state index contributed by atoms with van der Waals surface area (Å²) in [5.74, 6) is -0.00773. The molecule has 2 atom stereocenters. The third-order valence-electron chi connectivity index (χ3n) is 9.72. The quantitative estimate of drug-likeness (QED) is 0.332. The Kier molecular flexibility index (Phi) is 9.49. The minimum Gasteiger partial charge on any atom is -0.497 e. The number of ether oxygens (including phenoxy) is 2. The highest BCUT2D eigenvalue weighted by molar-refractivity contribution is 7.93. The van der Waals surface area contributed by atoms with E-state index in [9.17, 15) is 13.2 Å². The smallest absolute Gasteiger partial charge is 0.271 e. The summed E-state index contributed by atoms with van der Waals surface area (Å²) >= 11 is 6.67. The van der Waals surface area contributed by atoms with Gasteiger partial charge in [-0.25, -0.2) is 12.7 Å². The highest BCUT2D eigenvalue weighted by Gasteiger charge is 2.63. The fourth-order valence-corrected chi connectivity index (χ4v) is 8.89. The van der Waals surface area contributed by atoms with Crippen LogP contribution in [0.25, 0.3) is 0 Å². The Bertz CT molecular complexity index is 1810. The molecule has 3 heterocycles. The van der Waals surface area contributed by atoms with E-state index in [0.717, 1.165) is 36.0 Å². The number of methoxy groups -OCH3 is 2. The van der Waals surface area contributed by atoms with Crippen molar-refractivity contribution in [1.82, 2.24) is 19.6 Å². The number of anilines is 1. The van der Waals surface area contributed by atoms with Crippen molar-refractivity contribution in [2.75, 3.05) is 72.4 Å². The summed E-state index contributed by atoms with van der Waals surface area (Å²) in [5, 5.41) is 0.330. The van der Waals surface area contributed by atoms with E-state index in [4.69, 9.17) is 21.1 Å². The molecule has 13 heteroatoms. The summed E-state index contributed by atoms with van der Waals surface area (Å²) in [4.78, 5) is 37.3. The lowest BCUT2D eigenvalue weighted by Gasteiger charge is -2.42. The molecule has 0 spiro atoms. The minimum atomic E-state index is -4.45. The summed E-state index contributed by atoms with van der Waals surface area (Å²) < 4.78 is 41.2. The maximum atomic E-state index is 15.5. The average molecular weight is 696 g/mol. The lowest BCUT2D eigenvalue weighted by atomic mass is 9.80. The van der Waals surface area contributed by atoms with Crippen molar-refractivity contribution in [3.8, 4) is 11.5 Å². The zero-order valence-corrected chi connectivity index (χ0v) is 29.6. The third kappa shape index (κ3) is 5.73. The molecule has 0 aliphatic carbocycles. The molecule has 2 amide bonds. The highest BCUT2D eigenvalue weighted by Crippen LogP contribution is 2.55. The molecule has 256 valence electrons. The van der Waals surface area contributed by atoms with Gasteiger partial charge >= 0.3 is 0 Å². The van der Waals surface area contributed by atoms with E-state index in [0.29, 0.717) is 53.6 Å². The second-order valence-corrected chi connectivity index (χ2v) is 15.0. The topological polar surface area (TPSA) is 103 Å². The van der Waals surface area contributed by atoms with Crippen molar-refractivity contribution in [2.45, 2.75) is 35.9 Å². The summed E-state index contributed by atoms with van der Waals surface area (Å²) in [6, 6.07) is 15.8. The molecule has 3 aromatic rings. The predicted molar refractivity (Wildman–Crippen MR) is 184 cm³/mol. The molecule has 3 aromatic carbocycles. The van der Waals surface area contributed by atoms with Crippen molar-refractivity contribution in [3.05, 3.63) is 82.4 Å². The molecule has 48 heavy (non-hydrogen) atoms. The van der Waals surface area contributed by atoms with E-state index >= 15 is 4.79 Å². The van der Waals surface area contributed by atoms with Crippen LogP contribution >= 0.6 is 11.6 Å². The Labute approximate surface area is 287 Å². The minimum absolute atomic E-state index is 0.0773. The van der Waals surface area contributed by atoms with Gasteiger partial charge in [-0.3, -0.25) is 19.4 Å². The van der Waals surface area contributed by atoms with Crippen LogP contribution in [0.5, 0.6) is 11.5 Å². The average Bonchev–Trinajstić information content (AvgIpc) is 3.66. The number of nitrogens with zero attached hydrogens (tertiary/aromatic N) is 5. The number of hydrogen-bond acceptors (Lipinski definition) is 9. The van der Waals surface area contributed by atoms with Crippen LogP contribution in [0, 0.1) is 0 Å². The Morgan fingerprint density at radius 2 is 1.65 bits per heavy atom. The first-order chi connectivity index (χ1) is 22.9. The summed E-state index contributed by atoms with van der Waals surface area (Å²) in [5.41, 5.74) is 0.212. The molecule has 0 radical (unpaired) electrons. The number of likely N-dealkylation sites (tertiary alicyclic amines) is 1. The van der Waals surface area contributed by atoms with Gasteiger partial charge in [0.05, 0.1) is 30.8 Å². The SMILES string of the molecule is COc1ccc(S(=O)(=O)N2C(=O)[C@](c3cc(CN4CCN(C)CC4)ccc3OC)(N3CCCC3C(=O)N(C)C)c3cc(Cl)ccc32)cc1. The van der Waals surface area contributed by atoms with Gasteiger partial charge in [0.2, 0.25) is 5.91 Å². The molecule has 0 aromatic heterocycles. The highest BCUT2D eigenvalue weighted by atomic mass is 35.5. The van der Waals surface area contributed by atoms with Crippen LogP contribution in [0.4, 0.5) is 5.69 Å². The van der Waals surface area contributed by atoms with Crippen LogP contribution in [0.3, 0.4) is 0 Å². The Balaban J connectivity index is 1.60. The molecule has 11 nitrogen and oxygen atoms in total. The summed E-state index contributed by atoms with van der Waals surface area (Å²) in [6.07, 6.45) is 1.13. The van der Waals surface area contributed by atoms with Crippen LogP contribution in [0.1, 0.15) is 29.5 Å². The molecule has 0 saturated carbocycles. The number of sulfonamides is 1. The van der Waals surface area contributed by atoms with E-state index in [2.05, 4.69) is 16.8 Å². The van der Waals surface area contributed by atoms with E-state index in [1.165, 1.54) is 31.3 Å². The van der Waals surface area contributed by atoms with Gasteiger partial charge in [0.15, 0.2) is 5.54 Å². The number of carbonyl (C=O) groups is 2. The molecule has 2 saturated heterocycles. The maximum absolute atomic E-state index is 15.5. The Morgan fingerprint density at radius 3 is 2.29 bits per heavy atom. The standard InChI is InChI=1S/C35H42ClN5O6S/c1-37(2)33(42)31-7-6-16-40(31)35(29-21-24(8-15-32(29)47-5)23-39-19-17-38(3)18-20-39)28-22-25(36)9-14-30(28)41(34(35)43)48(44,45)27-12-10-26(46-4)11-13-27/h8-15,21-22,31H,6-7,16-20,23H2,1-5H3/t31?,35-/m0/s1. The molecule has 3 aliphatic heterocycles. The molecule has 3 aliphatic rings. The normalized spacial score (nSPS) is 22.2. The first-order valence-corrected chi connectivity index (χ1v) is 17.8. The number of likely N-dealkylation sites (N-methyl/N-ethyl adjacent to an activating group) is 2. The lowest BCUT2D eigenvalue weighted by molar-refractivity contribution is -0.138. The zero-order chi connectivity index (χ0) is 34.4. The van der Waals surface area contributed by atoms with Gasteiger partial charge in [0, 0.05) is 69.5 Å². The second-order valence-electron chi connectivity index (χ2n) is 12.8. The fraction of sp³-hybridized carbons (Fsp3) is 0.429. The van der Waals surface area contributed by atoms with Crippen molar-refractivity contribution in [2.24, 2.45) is 0 Å². The molecular weight excluding hydrogens is 654 g/mol. The van der Waals surface area contributed by atoms with Gasteiger partial charge in [-0.05, 0) is 80.1 Å². The summed E-state index contributed by atoms with van der Waals surface area (Å²) in [6.45, 7) is 4.66. The van der Waals surface area contributed by atoms with Gasteiger partial charge in [-0.15, -0.1) is 0 Å². The lowest BCUT2D eigenvalue weighted by Crippen LogP contribution is -2.59. The van der Waals surface area contributed by atoms with Gasteiger partial charge in [-0.1, -0.05) is 17.7 Å². The summed E-state index contributed by atoms with van der Waals surface area (Å²) in [7, 11) is 4.05. The molecule has 0 N–H and O–H groups in total. The van der Waals surface area contributed by atoms with E-state index in [-0.39, 0.29) is 16.5 Å². The van der Waals surface area contributed by atoms with Crippen LogP contribution in [0.2, 0.25) is 5.02 Å². The number of hydrogen-bond donors (Lipinski definition) is 0. The van der Waals surface area contributed by atoms with Crippen LogP contribution < -0.4 is 13.8 Å². The molecular formula is C35H42ClN5O6S. The number of carbonyl (C=O) groups excluding carboxylic acids is 2. The van der Waals surface area contributed by atoms with Crippen LogP contribution in [-0.2, 0) is 31.7 Å². The number of rotatable bonds is 9. The number of halogens is 1. The molecule has 0 bridgehead atoms. The monoisotopic (exact) mass is 695 g/mol. The molecule has 1 unspecified atom stereocenters. The molecule has 2 fully saturated rings. The van der Waals surface area contributed by atoms with Gasteiger partial charge in [0.1, 0.15) is 11.5 Å². The third-order valence-corrected chi connectivity index (χ3v) is 11.7. The number of fused-ring (bicyclic) bond motifs is 1. The largest absolute Gasteiger partial charge is 0.497 e. The number of amides is 2. The fourth-order valence-electron chi connectivity index (χ4n) is 7.25. The number of piperazine rings is 1. The van der Waals surface area contributed by atoms with Crippen molar-refractivity contribution in [1.29, 1.82) is 0 Å². The Morgan fingerprint density at radius 1 is 0.938 bits per heavy atom. The van der Waals surface area contributed by atoms with Crippen molar-refractivity contribution >= 4 is 39.1 Å². The number of benzene rings is 3. The Hall–Kier alpha value is -3.68. The predicted octanol–water partition coefficient (Wildman–Crippen LogP) is 3.64. The van der Waals surface area contributed by atoms with E-state index in [1.54, 1.807) is 44.4 Å². The van der Waals surface area contributed by atoms with Gasteiger partial charge in [-0.2, -0.15) is 0 Å². The maximum Gasteiger partial charge on any atom is 0.271 e.